The molecule has 1 heterocycles. The summed E-state index contributed by atoms with van der Waals surface area (Å²) in [5, 5.41) is 0. The fraction of sp³-hybridized carbons (Fsp3) is 0.0909. The molecule has 0 amide bonds. The highest BCUT2D eigenvalue weighted by atomic mass is 32.1. The molecule has 1 aromatic heterocycles. The molecule has 4 heteroatoms. The van der Waals surface area contributed by atoms with Crippen LogP contribution in [-0.2, 0) is 0 Å². The topological polar surface area (TPSA) is 28.7 Å². The van der Waals surface area contributed by atoms with Gasteiger partial charge in [0.25, 0.3) is 0 Å². The Bertz CT molecular complexity index is 548. The number of hydrogen-bond acceptors (Lipinski definition) is 2. The molecule has 0 radical (unpaired) electrons. The van der Waals surface area contributed by atoms with Gasteiger partial charge in [-0.25, -0.2) is 9.37 Å². The Balaban J connectivity index is 2.64. The first-order valence-corrected chi connectivity index (χ1v) is 4.90. The summed E-state index contributed by atoms with van der Waals surface area (Å²) in [6.45, 7) is 1.74. The van der Waals surface area contributed by atoms with Crippen LogP contribution in [0.2, 0.25) is 0 Å². The number of hydrogen-bond donors (Lipinski definition) is 1. The summed E-state index contributed by atoms with van der Waals surface area (Å²) in [6.07, 6.45) is 1.61. The quantitative estimate of drug-likeness (QED) is 0.747. The van der Waals surface area contributed by atoms with Crippen LogP contribution in [0.3, 0.4) is 0 Å². The summed E-state index contributed by atoms with van der Waals surface area (Å²) in [5.41, 5.74) is 2.20. The third kappa shape index (κ3) is 1.94. The Morgan fingerprint density at radius 1 is 1.33 bits per heavy atom. The fourth-order valence-electron chi connectivity index (χ4n) is 1.43. The molecule has 1 N–H and O–H groups in total. The lowest BCUT2D eigenvalue weighted by Crippen LogP contribution is -1.91. The molecule has 2 nitrogen and oxygen atoms in total. The zero-order valence-corrected chi connectivity index (χ0v) is 8.94. The van der Waals surface area contributed by atoms with Crippen LogP contribution in [0.4, 0.5) is 4.39 Å². The van der Waals surface area contributed by atoms with Crippen molar-refractivity contribution in [2.75, 3.05) is 0 Å². The van der Waals surface area contributed by atoms with Gasteiger partial charge in [0, 0.05) is 17.5 Å². The van der Waals surface area contributed by atoms with Gasteiger partial charge in [0.1, 0.15) is 5.82 Å². The van der Waals surface area contributed by atoms with Crippen molar-refractivity contribution >= 4 is 12.2 Å². The van der Waals surface area contributed by atoms with Crippen molar-refractivity contribution in [2.24, 2.45) is 0 Å². The van der Waals surface area contributed by atoms with Crippen LogP contribution >= 0.6 is 12.2 Å². The lowest BCUT2D eigenvalue weighted by molar-refractivity contribution is 0.619. The average molecular weight is 220 g/mol. The zero-order chi connectivity index (χ0) is 10.8. The van der Waals surface area contributed by atoms with Crippen molar-refractivity contribution in [1.82, 2.24) is 9.97 Å². The number of aromatic nitrogens is 2. The van der Waals surface area contributed by atoms with Crippen LogP contribution in [0.25, 0.3) is 11.3 Å². The molecule has 0 saturated heterocycles. The Labute approximate surface area is 91.8 Å². The molecular weight excluding hydrogens is 211 g/mol. The van der Waals surface area contributed by atoms with E-state index in [1.807, 2.05) is 6.07 Å². The van der Waals surface area contributed by atoms with Crippen LogP contribution in [0.15, 0.2) is 30.5 Å². The molecule has 0 saturated carbocycles. The van der Waals surface area contributed by atoms with Gasteiger partial charge in [0.2, 0.25) is 0 Å². The van der Waals surface area contributed by atoms with E-state index in [2.05, 4.69) is 9.97 Å². The van der Waals surface area contributed by atoms with Gasteiger partial charge in [-0.3, -0.25) is 0 Å². The lowest BCUT2D eigenvalue weighted by Gasteiger charge is -2.05. The molecule has 0 atom stereocenters. The molecule has 2 rings (SSSR count). The maximum absolute atomic E-state index is 13.3. The molecule has 0 unspecified atom stereocenters. The number of halogens is 1. The van der Waals surface area contributed by atoms with Crippen molar-refractivity contribution in [3.8, 4) is 11.3 Å². The van der Waals surface area contributed by atoms with Gasteiger partial charge in [-0.1, -0.05) is 12.1 Å². The SMILES string of the molecule is Cc1c(F)cccc1-c1ccnc(=S)[nH]1. The summed E-state index contributed by atoms with van der Waals surface area (Å²) in [7, 11) is 0. The molecule has 15 heavy (non-hydrogen) atoms. The second-order valence-electron chi connectivity index (χ2n) is 3.20. The second kappa shape index (κ2) is 3.90. The van der Waals surface area contributed by atoms with Crippen molar-refractivity contribution in [2.45, 2.75) is 6.92 Å². The summed E-state index contributed by atoms with van der Waals surface area (Å²) in [5.74, 6) is -0.219. The molecule has 0 fully saturated rings. The fourth-order valence-corrected chi connectivity index (χ4v) is 1.60. The minimum Gasteiger partial charge on any atom is -0.330 e. The van der Waals surface area contributed by atoms with Crippen LogP contribution in [0, 0.1) is 17.5 Å². The van der Waals surface area contributed by atoms with Crippen molar-refractivity contribution in [3.63, 3.8) is 0 Å². The predicted molar refractivity (Wildman–Crippen MR) is 59.6 cm³/mol. The van der Waals surface area contributed by atoms with Gasteiger partial charge in [0.15, 0.2) is 4.77 Å². The largest absolute Gasteiger partial charge is 0.330 e. The van der Waals surface area contributed by atoms with Gasteiger partial charge in [-0.15, -0.1) is 0 Å². The zero-order valence-electron chi connectivity index (χ0n) is 8.12. The molecule has 2 aromatic rings. The number of H-pyrrole nitrogens is 1. The lowest BCUT2D eigenvalue weighted by atomic mass is 10.1. The van der Waals surface area contributed by atoms with Gasteiger partial charge >= 0.3 is 0 Å². The second-order valence-corrected chi connectivity index (χ2v) is 3.59. The van der Waals surface area contributed by atoms with E-state index in [0.717, 1.165) is 11.3 Å². The summed E-state index contributed by atoms with van der Waals surface area (Å²) in [4.78, 5) is 6.81. The molecule has 0 aliphatic heterocycles. The Hall–Kier alpha value is -1.55. The number of nitrogens with one attached hydrogen (secondary N) is 1. The van der Waals surface area contributed by atoms with E-state index >= 15 is 0 Å². The minimum atomic E-state index is -0.219. The minimum absolute atomic E-state index is 0.219. The van der Waals surface area contributed by atoms with Crippen LogP contribution < -0.4 is 0 Å². The maximum atomic E-state index is 13.3. The molecule has 76 valence electrons. The van der Waals surface area contributed by atoms with Gasteiger partial charge in [-0.2, -0.15) is 0 Å². The third-order valence-corrected chi connectivity index (χ3v) is 2.44. The summed E-state index contributed by atoms with van der Waals surface area (Å²) in [6, 6.07) is 6.74. The Morgan fingerprint density at radius 2 is 2.13 bits per heavy atom. The van der Waals surface area contributed by atoms with E-state index in [9.17, 15) is 4.39 Å². The average Bonchev–Trinajstić information content (AvgIpc) is 2.22. The first kappa shape index (κ1) is 9.98. The summed E-state index contributed by atoms with van der Waals surface area (Å²) < 4.78 is 13.7. The number of aromatic amines is 1. The molecular formula is C11H9FN2S. The molecule has 1 aromatic carbocycles. The normalized spacial score (nSPS) is 10.3. The van der Waals surface area contributed by atoms with Gasteiger partial charge in [0.05, 0.1) is 0 Å². The number of rotatable bonds is 1. The third-order valence-electron chi connectivity index (χ3n) is 2.23. The van der Waals surface area contributed by atoms with E-state index in [1.165, 1.54) is 6.07 Å². The smallest absolute Gasteiger partial charge is 0.197 e. The van der Waals surface area contributed by atoms with E-state index in [1.54, 1.807) is 25.3 Å². The van der Waals surface area contributed by atoms with Crippen molar-refractivity contribution in [1.29, 1.82) is 0 Å². The molecule has 0 aliphatic carbocycles. The van der Waals surface area contributed by atoms with E-state index < -0.39 is 0 Å². The molecule has 0 spiro atoms. The predicted octanol–water partition coefficient (Wildman–Crippen LogP) is 3.25. The standard InChI is InChI=1S/C11H9FN2S/c1-7-8(3-2-4-9(7)12)10-5-6-13-11(15)14-10/h2-6H,1H3,(H,13,14,15). The van der Waals surface area contributed by atoms with Crippen LogP contribution in [-0.4, -0.2) is 9.97 Å². The Morgan fingerprint density at radius 3 is 2.87 bits per heavy atom. The highest BCUT2D eigenvalue weighted by Gasteiger charge is 2.05. The van der Waals surface area contributed by atoms with Crippen molar-refractivity contribution < 1.29 is 4.39 Å². The van der Waals surface area contributed by atoms with Crippen LogP contribution in [0.1, 0.15) is 5.56 Å². The van der Waals surface area contributed by atoms with Gasteiger partial charge < -0.3 is 4.98 Å². The highest BCUT2D eigenvalue weighted by molar-refractivity contribution is 7.71. The first-order chi connectivity index (χ1) is 7.18. The monoisotopic (exact) mass is 220 g/mol. The van der Waals surface area contributed by atoms with Crippen molar-refractivity contribution in [3.05, 3.63) is 46.6 Å². The summed E-state index contributed by atoms with van der Waals surface area (Å²) >= 11 is 4.92. The first-order valence-electron chi connectivity index (χ1n) is 4.49. The van der Waals surface area contributed by atoms with E-state index in [0.29, 0.717) is 10.3 Å². The maximum Gasteiger partial charge on any atom is 0.197 e. The van der Waals surface area contributed by atoms with E-state index in [4.69, 9.17) is 12.2 Å². The Kier molecular flexibility index (Phi) is 2.60. The highest BCUT2D eigenvalue weighted by Crippen LogP contribution is 2.22. The number of benzene rings is 1. The molecule has 0 aliphatic rings. The van der Waals surface area contributed by atoms with Crippen LogP contribution in [0.5, 0.6) is 0 Å². The van der Waals surface area contributed by atoms with Gasteiger partial charge in [-0.05, 0) is 36.8 Å². The number of nitrogens with zero attached hydrogens (tertiary/aromatic N) is 1. The van der Waals surface area contributed by atoms with E-state index in [-0.39, 0.29) is 5.82 Å². The molecule has 0 bridgehead atoms.